The number of benzene rings is 1. The first-order valence-electron chi connectivity index (χ1n) is 8.81. The molecular weight excluding hydrogens is 347 g/mol. The Bertz CT molecular complexity index is 431. The van der Waals surface area contributed by atoms with Gasteiger partial charge in [-0.15, -0.1) is 0 Å². The lowest BCUT2D eigenvalue weighted by Gasteiger charge is -2.29. The Kier molecular flexibility index (Phi) is 8.81. The SMILES string of the molecule is CCCOc1ccc([C@H]2CC[C@H](OCCC[SiH](Cl)Cl)CC2)cc1. The van der Waals surface area contributed by atoms with Crippen LogP contribution in [-0.2, 0) is 4.74 Å². The average molecular weight is 375 g/mol. The molecule has 0 heterocycles. The maximum Gasteiger partial charge on any atom is 0.237 e. The highest BCUT2D eigenvalue weighted by Crippen LogP contribution is 2.34. The molecule has 1 fully saturated rings. The Morgan fingerprint density at radius 1 is 1.04 bits per heavy atom. The lowest BCUT2D eigenvalue weighted by molar-refractivity contribution is 0.0251. The molecule has 23 heavy (non-hydrogen) atoms. The zero-order chi connectivity index (χ0) is 16.5. The Morgan fingerprint density at radius 3 is 2.35 bits per heavy atom. The predicted octanol–water partition coefficient (Wildman–Crippen LogP) is 5.61. The van der Waals surface area contributed by atoms with Gasteiger partial charge in [-0.3, -0.25) is 0 Å². The summed E-state index contributed by atoms with van der Waals surface area (Å²) in [5, 5.41) is 0. The van der Waals surface area contributed by atoms with Gasteiger partial charge in [0.25, 0.3) is 0 Å². The molecule has 0 unspecified atom stereocenters. The molecule has 1 aliphatic carbocycles. The fourth-order valence-electron chi connectivity index (χ4n) is 3.11. The van der Waals surface area contributed by atoms with Crippen molar-refractivity contribution in [1.29, 1.82) is 0 Å². The van der Waals surface area contributed by atoms with Gasteiger partial charge < -0.3 is 9.47 Å². The van der Waals surface area contributed by atoms with Gasteiger partial charge in [0.2, 0.25) is 7.42 Å². The summed E-state index contributed by atoms with van der Waals surface area (Å²) in [4.78, 5) is 0. The van der Waals surface area contributed by atoms with Crippen LogP contribution in [0.5, 0.6) is 5.75 Å². The first kappa shape index (κ1) is 19.1. The van der Waals surface area contributed by atoms with Crippen molar-refractivity contribution in [2.75, 3.05) is 13.2 Å². The molecule has 0 radical (unpaired) electrons. The second-order valence-corrected chi connectivity index (χ2v) is 11.5. The minimum atomic E-state index is -1.45. The van der Waals surface area contributed by atoms with Crippen LogP contribution < -0.4 is 4.74 Å². The van der Waals surface area contributed by atoms with Gasteiger partial charge in [-0.25, -0.2) is 0 Å². The van der Waals surface area contributed by atoms with Crippen LogP contribution in [0.4, 0.5) is 0 Å². The molecule has 1 saturated carbocycles. The van der Waals surface area contributed by atoms with E-state index in [4.69, 9.17) is 31.6 Å². The lowest BCUT2D eigenvalue weighted by Crippen LogP contribution is -2.21. The largest absolute Gasteiger partial charge is 0.494 e. The monoisotopic (exact) mass is 374 g/mol. The van der Waals surface area contributed by atoms with Gasteiger partial charge in [0.05, 0.1) is 12.7 Å². The number of ether oxygens (including phenoxy) is 2. The van der Waals surface area contributed by atoms with Crippen LogP contribution in [0.2, 0.25) is 6.04 Å². The summed E-state index contributed by atoms with van der Waals surface area (Å²) in [7, 11) is -1.45. The zero-order valence-electron chi connectivity index (χ0n) is 14.0. The van der Waals surface area contributed by atoms with Gasteiger partial charge in [0.1, 0.15) is 5.75 Å². The van der Waals surface area contributed by atoms with E-state index in [1.807, 2.05) is 0 Å². The second-order valence-electron chi connectivity index (χ2n) is 6.30. The molecule has 0 atom stereocenters. The van der Waals surface area contributed by atoms with Crippen LogP contribution >= 0.6 is 22.2 Å². The van der Waals surface area contributed by atoms with Crippen molar-refractivity contribution < 1.29 is 9.47 Å². The molecule has 2 rings (SSSR count). The topological polar surface area (TPSA) is 18.5 Å². The fraction of sp³-hybridized carbons (Fsp3) is 0.667. The number of hydrogen-bond acceptors (Lipinski definition) is 2. The third kappa shape index (κ3) is 7.04. The molecule has 0 spiro atoms. The van der Waals surface area contributed by atoms with E-state index >= 15 is 0 Å². The van der Waals surface area contributed by atoms with Crippen LogP contribution in [0.3, 0.4) is 0 Å². The van der Waals surface area contributed by atoms with Crippen molar-refractivity contribution in [1.82, 2.24) is 0 Å². The highest BCUT2D eigenvalue weighted by atomic mass is 35.7. The van der Waals surface area contributed by atoms with Crippen LogP contribution in [0.1, 0.15) is 56.9 Å². The lowest BCUT2D eigenvalue weighted by atomic mass is 9.83. The molecule has 5 heteroatoms. The van der Waals surface area contributed by atoms with Crippen molar-refractivity contribution in [3.8, 4) is 5.75 Å². The van der Waals surface area contributed by atoms with E-state index in [-0.39, 0.29) is 0 Å². The van der Waals surface area contributed by atoms with Gasteiger partial charge >= 0.3 is 0 Å². The average Bonchev–Trinajstić information content (AvgIpc) is 2.58. The second kappa shape index (κ2) is 10.6. The third-order valence-corrected chi connectivity index (χ3v) is 6.57. The molecule has 1 aliphatic rings. The summed E-state index contributed by atoms with van der Waals surface area (Å²) in [6.07, 6.45) is 7.20. The van der Waals surface area contributed by atoms with Crippen LogP contribution in [0.25, 0.3) is 0 Å². The van der Waals surface area contributed by atoms with E-state index in [1.54, 1.807) is 0 Å². The molecule has 0 saturated heterocycles. The maximum absolute atomic E-state index is 5.97. The molecule has 0 bridgehead atoms. The summed E-state index contributed by atoms with van der Waals surface area (Å²) in [6.45, 7) is 3.72. The Labute approximate surface area is 151 Å². The first-order valence-corrected chi connectivity index (χ1v) is 13.1. The molecule has 0 N–H and O–H groups in total. The van der Waals surface area contributed by atoms with E-state index in [2.05, 4.69) is 31.2 Å². The summed E-state index contributed by atoms with van der Waals surface area (Å²) in [5.41, 5.74) is 1.44. The van der Waals surface area contributed by atoms with E-state index in [0.717, 1.165) is 50.7 Å². The smallest absolute Gasteiger partial charge is 0.237 e. The van der Waals surface area contributed by atoms with Gasteiger partial charge in [-0.1, -0.05) is 19.1 Å². The van der Waals surface area contributed by atoms with E-state index in [0.29, 0.717) is 12.0 Å². The molecule has 1 aromatic rings. The summed E-state index contributed by atoms with van der Waals surface area (Å²) >= 11 is 11.7. The van der Waals surface area contributed by atoms with E-state index < -0.39 is 7.42 Å². The van der Waals surface area contributed by atoms with Gasteiger partial charge in [0.15, 0.2) is 0 Å². The molecule has 1 aromatic carbocycles. The standard InChI is InChI=1S/C18H28Cl2O2Si/c1-2-12-21-17-8-4-15(5-9-17)16-6-10-18(11-7-16)22-13-3-14-23(19)20/h4-5,8-9,16,18,23H,2-3,6-7,10-14H2,1H3/t16-,18-. The molecule has 0 aromatic heterocycles. The minimum absolute atomic E-state index is 0.421. The Balaban J connectivity index is 1.69. The van der Waals surface area contributed by atoms with Crippen LogP contribution in [0, 0.1) is 0 Å². The number of rotatable bonds is 9. The van der Waals surface area contributed by atoms with Gasteiger partial charge in [-0.05, 0) is 68.2 Å². The van der Waals surface area contributed by atoms with Crippen molar-refractivity contribution in [2.24, 2.45) is 0 Å². The van der Waals surface area contributed by atoms with Crippen LogP contribution in [-0.4, -0.2) is 26.7 Å². The van der Waals surface area contributed by atoms with Gasteiger partial charge in [0, 0.05) is 6.61 Å². The summed E-state index contributed by atoms with van der Waals surface area (Å²) in [5.74, 6) is 1.64. The van der Waals surface area contributed by atoms with Crippen molar-refractivity contribution in [2.45, 2.75) is 63.5 Å². The summed E-state index contributed by atoms with van der Waals surface area (Å²) < 4.78 is 11.6. The van der Waals surface area contributed by atoms with Crippen LogP contribution in [0.15, 0.2) is 24.3 Å². The van der Waals surface area contributed by atoms with Gasteiger partial charge in [-0.2, -0.15) is 22.2 Å². The predicted molar refractivity (Wildman–Crippen MR) is 101 cm³/mol. The molecule has 0 amide bonds. The normalized spacial score (nSPS) is 21.6. The molecule has 0 aliphatic heterocycles. The Morgan fingerprint density at radius 2 is 1.74 bits per heavy atom. The highest BCUT2D eigenvalue weighted by molar-refractivity contribution is 7.33. The molecule has 130 valence electrons. The maximum atomic E-state index is 5.97. The first-order chi connectivity index (χ1) is 11.2. The Hall–Kier alpha value is -0.223. The molecule has 2 nitrogen and oxygen atoms in total. The van der Waals surface area contributed by atoms with E-state index in [1.165, 1.54) is 18.4 Å². The molecular formula is C18H28Cl2O2Si. The van der Waals surface area contributed by atoms with Crippen molar-refractivity contribution in [3.05, 3.63) is 29.8 Å². The fourth-order valence-corrected chi connectivity index (χ4v) is 4.51. The number of halogens is 2. The highest BCUT2D eigenvalue weighted by Gasteiger charge is 2.22. The van der Waals surface area contributed by atoms with E-state index in [9.17, 15) is 0 Å². The number of hydrogen-bond donors (Lipinski definition) is 0. The quantitative estimate of drug-likeness (QED) is 0.317. The zero-order valence-corrected chi connectivity index (χ0v) is 16.6. The van der Waals surface area contributed by atoms with Crippen molar-refractivity contribution in [3.63, 3.8) is 0 Å². The third-order valence-electron chi connectivity index (χ3n) is 4.42. The minimum Gasteiger partial charge on any atom is -0.494 e. The summed E-state index contributed by atoms with van der Waals surface area (Å²) in [6, 6.07) is 9.61. The van der Waals surface area contributed by atoms with Crippen molar-refractivity contribution >= 4 is 29.6 Å².